The van der Waals surface area contributed by atoms with Gasteiger partial charge in [-0.2, -0.15) is 5.26 Å². The molecule has 90 valence electrons. The van der Waals surface area contributed by atoms with E-state index in [1.54, 1.807) is 24.3 Å². The van der Waals surface area contributed by atoms with Gasteiger partial charge in [-0.1, -0.05) is 30.3 Å². The van der Waals surface area contributed by atoms with Gasteiger partial charge in [0, 0.05) is 0 Å². The number of carbonyl (C=O) groups is 1. The van der Waals surface area contributed by atoms with Crippen molar-refractivity contribution in [3.05, 3.63) is 35.9 Å². The molecule has 5 heteroatoms. The van der Waals surface area contributed by atoms with Crippen molar-refractivity contribution in [3.63, 3.8) is 0 Å². The van der Waals surface area contributed by atoms with E-state index in [9.17, 15) is 13.6 Å². The summed E-state index contributed by atoms with van der Waals surface area (Å²) in [6.07, 6.45) is -2.37. The van der Waals surface area contributed by atoms with Crippen LogP contribution in [0, 0.1) is 17.2 Å². The molecule has 0 radical (unpaired) electrons. The van der Waals surface area contributed by atoms with E-state index in [0.29, 0.717) is 0 Å². The van der Waals surface area contributed by atoms with Crippen molar-refractivity contribution in [2.24, 2.45) is 5.92 Å². The van der Waals surface area contributed by atoms with Crippen LogP contribution in [-0.2, 0) is 11.2 Å². The summed E-state index contributed by atoms with van der Waals surface area (Å²) in [6.45, 7) is -0.716. The summed E-state index contributed by atoms with van der Waals surface area (Å²) >= 11 is 0. The number of amides is 1. The first-order valence-corrected chi connectivity index (χ1v) is 5.13. The summed E-state index contributed by atoms with van der Waals surface area (Å²) < 4.78 is 23.8. The number of nitrogens with zero attached hydrogens (tertiary/aromatic N) is 1. The summed E-state index contributed by atoms with van der Waals surface area (Å²) in [4.78, 5) is 11.4. The number of rotatable bonds is 5. The van der Waals surface area contributed by atoms with E-state index in [4.69, 9.17) is 5.26 Å². The van der Waals surface area contributed by atoms with Crippen molar-refractivity contribution < 1.29 is 13.6 Å². The number of nitriles is 1. The van der Waals surface area contributed by atoms with Crippen LogP contribution in [0.15, 0.2) is 30.3 Å². The van der Waals surface area contributed by atoms with Crippen molar-refractivity contribution in [1.29, 1.82) is 5.26 Å². The molecule has 3 nitrogen and oxygen atoms in total. The van der Waals surface area contributed by atoms with Gasteiger partial charge in [0.25, 0.3) is 6.43 Å². The number of hydrogen-bond donors (Lipinski definition) is 1. The highest BCUT2D eigenvalue weighted by atomic mass is 19.3. The average Bonchev–Trinajstić information content (AvgIpc) is 2.34. The van der Waals surface area contributed by atoms with Crippen LogP contribution < -0.4 is 5.32 Å². The van der Waals surface area contributed by atoms with E-state index >= 15 is 0 Å². The molecule has 1 aromatic rings. The third-order valence-corrected chi connectivity index (χ3v) is 2.19. The van der Waals surface area contributed by atoms with E-state index < -0.39 is 24.8 Å². The molecule has 0 saturated heterocycles. The van der Waals surface area contributed by atoms with Gasteiger partial charge in [-0.25, -0.2) is 8.78 Å². The van der Waals surface area contributed by atoms with Crippen molar-refractivity contribution >= 4 is 5.91 Å². The molecule has 0 spiro atoms. The lowest BCUT2D eigenvalue weighted by atomic mass is 10.00. The topological polar surface area (TPSA) is 52.9 Å². The molecule has 0 bridgehead atoms. The second-order valence-electron chi connectivity index (χ2n) is 3.51. The predicted molar refractivity (Wildman–Crippen MR) is 58.3 cm³/mol. The highest BCUT2D eigenvalue weighted by Crippen LogP contribution is 2.08. The molecule has 0 heterocycles. The molecule has 1 amide bonds. The minimum Gasteiger partial charge on any atom is -0.349 e. The molecule has 0 saturated carbocycles. The predicted octanol–water partition coefficient (Wildman–Crippen LogP) is 1.75. The lowest BCUT2D eigenvalue weighted by Crippen LogP contribution is -2.34. The number of benzene rings is 1. The molecular formula is C12H12F2N2O. The highest BCUT2D eigenvalue weighted by Gasteiger charge is 2.19. The Morgan fingerprint density at radius 3 is 2.53 bits per heavy atom. The number of carbonyl (C=O) groups excluding carboxylic acids is 1. The SMILES string of the molecule is N#CC(Cc1ccccc1)C(=O)NCC(F)F. The lowest BCUT2D eigenvalue weighted by molar-refractivity contribution is -0.124. The zero-order chi connectivity index (χ0) is 12.7. The molecule has 0 aliphatic heterocycles. The van der Waals surface area contributed by atoms with Gasteiger partial charge in [-0.3, -0.25) is 4.79 Å². The van der Waals surface area contributed by atoms with E-state index in [0.717, 1.165) is 5.56 Å². The Bertz CT molecular complexity index is 401. The van der Waals surface area contributed by atoms with Gasteiger partial charge in [0.2, 0.25) is 5.91 Å². The van der Waals surface area contributed by atoms with Gasteiger partial charge in [0.15, 0.2) is 0 Å². The Kier molecular flexibility index (Phi) is 5.08. The largest absolute Gasteiger partial charge is 0.349 e. The fourth-order valence-corrected chi connectivity index (χ4v) is 1.35. The molecule has 1 unspecified atom stereocenters. The second-order valence-corrected chi connectivity index (χ2v) is 3.51. The number of alkyl halides is 2. The average molecular weight is 238 g/mol. The minimum atomic E-state index is -2.60. The van der Waals surface area contributed by atoms with Gasteiger partial charge < -0.3 is 5.32 Å². The van der Waals surface area contributed by atoms with Crippen LogP contribution in [0.2, 0.25) is 0 Å². The maximum Gasteiger partial charge on any atom is 0.255 e. The molecule has 17 heavy (non-hydrogen) atoms. The quantitative estimate of drug-likeness (QED) is 0.849. The Morgan fingerprint density at radius 2 is 2.00 bits per heavy atom. The Morgan fingerprint density at radius 1 is 1.35 bits per heavy atom. The van der Waals surface area contributed by atoms with E-state index in [1.165, 1.54) is 0 Å². The number of nitrogens with one attached hydrogen (secondary N) is 1. The maximum absolute atomic E-state index is 11.9. The van der Waals surface area contributed by atoms with Gasteiger partial charge >= 0.3 is 0 Å². The normalized spacial score (nSPS) is 11.9. The third kappa shape index (κ3) is 4.60. The Hall–Kier alpha value is -1.96. The molecule has 0 fully saturated rings. The van der Waals surface area contributed by atoms with Gasteiger partial charge in [-0.15, -0.1) is 0 Å². The number of halogens is 2. The fraction of sp³-hybridized carbons (Fsp3) is 0.333. The lowest BCUT2D eigenvalue weighted by Gasteiger charge is -2.09. The van der Waals surface area contributed by atoms with E-state index in [2.05, 4.69) is 0 Å². The molecule has 1 atom stereocenters. The standard InChI is InChI=1S/C12H12F2N2O/c13-11(14)8-16-12(17)10(7-15)6-9-4-2-1-3-5-9/h1-5,10-11H,6,8H2,(H,16,17). The molecule has 1 aromatic carbocycles. The molecule has 0 aromatic heterocycles. The van der Waals surface area contributed by atoms with E-state index in [1.807, 2.05) is 17.5 Å². The van der Waals surface area contributed by atoms with Gasteiger partial charge in [-0.05, 0) is 12.0 Å². The van der Waals surface area contributed by atoms with Crippen molar-refractivity contribution in [1.82, 2.24) is 5.32 Å². The van der Waals surface area contributed by atoms with Crippen molar-refractivity contribution in [2.75, 3.05) is 6.54 Å². The first-order valence-electron chi connectivity index (χ1n) is 5.13. The molecule has 0 aliphatic carbocycles. The zero-order valence-corrected chi connectivity index (χ0v) is 9.07. The number of hydrogen-bond acceptors (Lipinski definition) is 2. The molecular weight excluding hydrogens is 226 g/mol. The van der Waals surface area contributed by atoms with Crippen LogP contribution in [0.3, 0.4) is 0 Å². The minimum absolute atomic E-state index is 0.229. The summed E-state index contributed by atoms with van der Waals surface area (Å²) in [5.74, 6) is -1.59. The first-order chi connectivity index (χ1) is 8.13. The molecule has 0 aliphatic rings. The Balaban J connectivity index is 2.55. The summed E-state index contributed by atoms with van der Waals surface area (Å²) in [5, 5.41) is 10.9. The van der Waals surface area contributed by atoms with Gasteiger partial charge in [0.05, 0.1) is 12.6 Å². The maximum atomic E-state index is 11.9. The van der Waals surface area contributed by atoms with Crippen LogP contribution in [0.5, 0.6) is 0 Å². The smallest absolute Gasteiger partial charge is 0.255 e. The fourth-order valence-electron chi connectivity index (χ4n) is 1.35. The van der Waals surface area contributed by atoms with Crippen molar-refractivity contribution in [3.8, 4) is 6.07 Å². The van der Waals surface area contributed by atoms with E-state index in [-0.39, 0.29) is 6.42 Å². The van der Waals surface area contributed by atoms with Crippen LogP contribution in [0.4, 0.5) is 8.78 Å². The monoisotopic (exact) mass is 238 g/mol. The van der Waals surface area contributed by atoms with Crippen LogP contribution >= 0.6 is 0 Å². The molecule has 1 rings (SSSR count). The summed E-state index contributed by atoms with van der Waals surface area (Å²) in [5.41, 5.74) is 0.825. The van der Waals surface area contributed by atoms with Crippen LogP contribution in [0.1, 0.15) is 5.56 Å². The highest BCUT2D eigenvalue weighted by molar-refractivity contribution is 5.81. The van der Waals surface area contributed by atoms with Gasteiger partial charge in [0.1, 0.15) is 5.92 Å². The molecule has 1 N–H and O–H groups in total. The second kappa shape index (κ2) is 6.59. The van der Waals surface area contributed by atoms with Crippen LogP contribution in [-0.4, -0.2) is 18.9 Å². The van der Waals surface area contributed by atoms with Crippen LogP contribution in [0.25, 0.3) is 0 Å². The summed E-state index contributed by atoms with van der Waals surface area (Å²) in [6, 6.07) is 10.8. The zero-order valence-electron chi connectivity index (χ0n) is 9.07. The van der Waals surface area contributed by atoms with Crippen molar-refractivity contribution in [2.45, 2.75) is 12.8 Å². The Labute approximate surface area is 98.1 Å². The third-order valence-electron chi connectivity index (χ3n) is 2.19. The summed E-state index contributed by atoms with van der Waals surface area (Å²) in [7, 11) is 0. The first kappa shape index (κ1) is 13.1.